The highest BCUT2D eigenvalue weighted by atomic mass is 35.5. The molecule has 2 heterocycles. The summed E-state index contributed by atoms with van der Waals surface area (Å²) in [5, 5.41) is 32.0. The second-order valence-corrected chi connectivity index (χ2v) is 10.4. The lowest BCUT2D eigenvalue weighted by atomic mass is 9.67. The fraction of sp³-hybridized carbons (Fsp3) is 0.433. The van der Waals surface area contributed by atoms with E-state index in [-0.39, 0.29) is 24.2 Å². The number of nitrogens with zero attached hydrogens (tertiary/aromatic N) is 2. The van der Waals surface area contributed by atoms with Gasteiger partial charge in [0, 0.05) is 18.7 Å². The summed E-state index contributed by atoms with van der Waals surface area (Å²) in [6.07, 6.45) is 5.24. The highest BCUT2D eigenvalue weighted by Gasteiger charge is 2.54. The number of aromatic nitrogens is 1. The minimum atomic E-state index is -0.895. The first-order valence-electron chi connectivity index (χ1n) is 13.3. The number of hydrogen-bond donors (Lipinski definition) is 3. The Kier molecular flexibility index (Phi) is 9.03. The SMILES string of the molecule is CCCN1C(=O)[C@@H]2[C@@H](CC(CC)=C([C@H](O)CC/C(=C/c3ccc(O)cc3Cl)c3ccccn3)[C@@H]2CO)C1=O. The molecule has 2 aliphatic rings. The number of amides is 2. The molecule has 1 aromatic carbocycles. The Hall–Kier alpha value is -3.00. The number of imide groups is 1. The number of benzene rings is 1. The Morgan fingerprint density at radius 1 is 1.21 bits per heavy atom. The molecule has 1 aliphatic carbocycles. The molecule has 3 N–H and O–H groups in total. The lowest BCUT2D eigenvalue weighted by molar-refractivity contribution is -0.140. The summed E-state index contributed by atoms with van der Waals surface area (Å²) >= 11 is 6.36. The van der Waals surface area contributed by atoms with Crippen molar-refractivity contribution in [2.45, 2.75) is 52.1 Å². The third-order valence-corrected chi connectivity index (χ3v) is 8.03. The minimum absolute atomic E-state index is 0.0732. The van der Waals surface area contributed by atoms with E-state index in [1.54, 1.807) is 18.3 Å². The monoisotopic (exact) mass is 538 g/mol. The zero-order valence-electron chi connectivity index (χ0n) is 21.8. The first-order chi connectivity index (χ1) is 18.3. The Bertz CT molecular complexity index is 1240. The summed E-state index contributed by atoms with van der Waals surface area (Å²) in [5.74, 6) is -2.03. The standard InChI is InChI=1S/C30H35ClN2O5/c1-3-13-33-29(37)22-15-18(4-2)27(23(17-34)28(22)30(33)38)26(36)11-9-20(25-7-5-6-12-32-25)14-19-8-10-21(35)16-24(19)31/h5-8,10,12,14,16,22-23,26,28,34-36H,3-4,9,11,13,15,17H2,1-2H3/b20-14-/t22-,23+,26-,28-/m1/s1. The van der Waals surface area contributed by atoms with Crippen LogP contribution >= 0.6 is 11.6 Å². The van der Waals surface area contributed by atoms with E-state index < -0.39 is 23.9 Å². The van der Waals surface area contributed by atoms with Gasteiger partial charge in [0.2, 0.25) is 11.8 Å². The number of aliphatic hydroxyl groups excluding tert-OH is 2. The molecule has 2 aromatic rings. The summed E-state index contributed by atoms with van der Waals surface area (Å²) in [6.45, 7) is 3.98. The maximum Gasteiger partial charge on any atom is 0.233 e. The molecule has 1 saturated heterocycles. The third-order valence-electron chi connectivity index (χ3n) is 7.70. The van der Waals surface area contributed by atoms with Crippen LogP contribution < -0.4 is 0 Å². The molecule has 1 fully saturated rings. The summed E-state index contributed by atoms with van der Waals surface area (Å²) in [7, 11) is 0. The molecular formula is C30H35ClN2O5. The number of carbonyl (C=O) groups excluding carboxylic acids is 2. The molecule has 4 atom stereocenters. The Morgan fingerprint density at radius 3 is 2.63 bits per heavy atom. The summed E-state index contributed by atoms with van der Waals surface area (Å²) in [6, 6.07) is 10.4. The number of phenols is 1. The highest BCUT2D eigenvalue weighted by Crippen LogP contribution is 2.47. The third kappa shape index (κ3) is 5.55. The van der Waals surface area contributed by atoms with Crippen LogP contribution in [0.15, 0.2) is 53.7 Å². The van der Waals surface area contributed by atoms with Crippen molar-refractivity contribution in [2.24, 2.45) is 17.8 Å². The molecule has 1 aliphatic heterocycles. The lowest BCUT2D eigenvalue weighted by Crippen LogP contribution is -2.39. The topological polar surface area (TPSA) is 111 Å². The number of carbonyl (C=O) groups is 2. The number of aromatic hydroxyl groups is 1. The zero-order valence-corrected chi connectivity index (χ0v) is 22.6. The normalized spacial score (nSPS) is 22.7. The largest absolute Gasteiger partial charge is 0.508 e. The first-order valence-corrected chi connectivity index (χ1v) is 13.6. The van der Waals surface area contributed by atoms with E-state index in [0.717, 1.165) is 16.8 Å². The van der Waals surface area contributed by atoms with Gasteiger partial charge in [-0.25, -0.2) is 0 Å². The van der Waals surface area contributed by atoms with Crippen LogP contribution in [0.1, 0.15) is 57.2 Å². The molecule has 0 bridgehead atoms. The predicted molar refractivity (Wildman–Crippen MR) is 147 cm³/mol. The molecule has 0 spiro atoms. The number of allylic oxidation sites excluding steroid dienone is 2. The van der Waals surface area contributed by atoms with E-state index in [4.69, 9.17) is 11.6 Å². The molecular weight excluding hydrogens is 504 g/mol. The van der Waals surface area contributed by atoms with Crippen LogP contribution in [-0.2, 0) is 9.59 Å². The van der Waals surface area contributed by atoms with Crippen molar-refractivity contribution in [1.29, 1.82) is 0 Å². The van der Waals surface area contributed by atoms with Crippen molar-refractivity contribution >= 4 is 35.1 Å². The van der Waals surface area contributed by atoms with Gasteiger partial charge in [0.05, 0.1) is 35.3 Å². The van der Waals surface area contributed by atoms with E-state index in [2.05, 4.69) is 4.98 Å². The number of likely N-dealkylation sites (tertiary alicyclic amines) is 1. The van der Waals surface area contributed by atoms with Gasteiger partial charge in [0.1, 0.15) is 5.75 Å². The van der Waals surface area contributed by atoms with Gasteiger partial charge in [-0.05, 0) is 85.2 Å². The van der Waals surface area contributed by atoms with Crippen LogP contribution in [0.3, 0.4) is 0 Å². The molecule has 1 aromatic heterocycles. The lowest BCUT2D eigenvalue weighted by Gasteiger charge is -2.36. The quantitative estimate of drug-likeness (QED) is 0.294. The molecule has 4 rings (SSSR count). The van der Waals surface area contributed by atoms with Crippen LogP contribution in [0.4, 0.5) is 0 Å². The summed E-state index contributed by atoms with van der Waals surface area (Å²) in [5.41, 5.74) is 3.95. The number of phenolic OH excluding ortho intramolecular Hbond substituents is 1. The van der Waals surface area contributed by atoms with Gasteiger partial charge < -0.3 is 15.3 Å². The molecule has 202 valence electrons. The van der Waals surface area contributed by atoms with Gasteiger partial charge in [-0.15, -0.1) is 0 Å². The predicted octanol–water partition coefficient (Wildman–Crippen LogP) is 4.85. The Labute approximate surface area is 228 Å². The van der Waals surface area contributed by atoms with Gasteiger partial charge in [-0.2, -0.15) is 0 Å². The van der Waals surface area contributed by atoms with E-state index in [9.17, 15) is 24.9 Å². The van der Waals surface area contributed by atoms with Crippen LogP contribution in [0.2, 0.25) is 5.02 Å². The maximum atomic E-state index is 13.2. The molecule has 2 amide bonds. The number of pyridine rings is 1. The number of aliphatic hydroxyl groups is 2. The average molecular weight is 539 g/mol. The molecule has 0 radical (unpaired) electrons. The van der Waals surface area contributed by atoms with Gasteiger partial charge in [0.15, 0.2) is 0 Å². The molecule has 0 unspecified atom stereocenters. The Morgan fingerprint density at radius 2 is 2.00 bits per heavy atom. The molecule has 0 saturated carbocycles. The first kappa shape index (κ1) is 28.0. The fourth-order valence-corrected chi connectivity index (χ4v) is 6.13. The Balaban J connectivity index is 1.63. The highest BCUT2D eigenvalue weighted by molar-refractivity contribution is 6.32. The van der Waals surface area contributed by atoms with Crippen LogP contribution in [-0.4, -0.2) is 56.3 Å². The molecule has 8 heteroatoms. The van der Waals surface area contributed by atoms with Crippen LogP contribution in [0.25, 0.3) is 11.6 Å². The number of hydrogen-bond acceptors (Lipinski definition) is 6. The average Bonchev–Trinajstić information content (AvgIpc) is 3.16. The number of halogens is 1. The van der Waals surface area contributed by atoms with E-state index in [1.165, 1.54) is 11.0 Å². The molecule has 38 heavy (non-hydrogen) atoms. The van der Waals surface area contributed by atoms with Crippen molar-refractivity contribution < 1.29 is 24.9 Å². The van der Waals surface area contributed by atoms with Crippen molar-refractivity contribution in [3.63, 3.8) is 0 Å². The van der Waals surface area contributed by atoms with E-state index in [0.29, 0.717) is 54.8 Å². The minimum Gasteiger partial charge on any atom is -0.508 e. The van der Waals surface area contributed by atoms with Gasteiger partial charge in [-0.1, -0.05) is 37.1 Å². The number of rotatable bonds is 10. The van der Waals surface area contributed by atoms with Crippen LogP contribution in [0.5, 0.6) is 5.75 Å². The van der Waals surface area contributed by atoms with Crippen molar-refractivity contribution in [2.75, 3.05) is 13.2 Å². The summed E-state index contributed by atoms with van der Waals surface area (Å²) < 4.78 is 0. The number of fused-ring (bicyclic) bond motifs is 1. The second kappa shape index (κ2) is 12.2. The second-order valence-electron chi connectivity index (χ2n) is 10.0. The maximum absolute atomic E-state index is 13.2. The van der Waals surface area contributed by atoms with E-state index in [1.807, 2.05) is 38.1 Å². The van der Waals surface area contributed by atoms with E-state index >= 15 is 0 Å². The smallest absolute Gasteiger partial charge is 0.233 e. The van der Waals surface area contributed by atoms with Crippen molar-refractivity contribution in [3.05, 3.63) is 70.0 Å². The van der Waals surface area contributed by atoms with Crippen LogP contribution in [0, 0.1) is 17.8 Å². The molecule has 7 nitrogen and oxygen atoms in total. The summed E-state index contributed by atoms with van der Waals surface area (Å²) in [4.78, 5) is 32.1. The van der Waals surface area contributed by atoms with Gasteiger partial charge >= 0.3 is 0 Å². The van der Waals surface area contributed by atoms with Gasteiger partial charge in [0.25, 0.3) is 0 Å². The zero-order chi connectivity index (χ0) is 27.4. The van der Waals surface area contributed by atoms with Crippen molar-refractivity contribution in [1.82, 2.24) is 9.88 Å². The van der Waals surface area contributed by atoms with Gasteiger partial charge in [-0.3, -0.25) is 19.5 Å². The van der Waals surface area contributed by atoms with Crippen molar-refractivity contribution in [3.8, 4) is 5.75 Å². The fourth-order valence-electron chi connectivity index (χ4n) is 5.90.